The molecular formula is C14H19ClN2O. The summed E-state index contributed by atoms with van der Waals surface area (Å²) < 4.78 is 0. The minimum atomic E-state index is 0.195. The van der Waals surface area contributed by atoms with E-state index in [1.54, 1.807) is 0 Å². The Morgan fingerprint density at radius 1 is 1.44 bits per heavy atom. The number of fused-ring (bicyclic) bond motifs is 1. The molecule has 1 N–H and O–H groups in total. The van der Waals surface area contributed by atoms with Crippen molar-refractivity contribution < 1.29 is 4.79 Å². The summed E-state index contributed by atoms with van der Waals surface area (Å²) >= 11 is 5.69. The lowest BCUT2D eigenvalue weighted by atomic mass is 10.1. The van der Waals surface area contributed by atoms with Crippen LogP contribution < -0.4 is 10.2 Å². The number of carbonyl (C=O) groups excluding carboxylic acids is 1. The van der Waals surface area contributed by atoms with E-state index in [9.17, 15) is 4.79 Å². The highest BCUT2D eigenvalue weighted by Gasteiger charge is 2.26. The van der Waals surface area contributed by atoms with Crippen molar-refractivity contribution in [3.8, 4) is 0 Å². The summed E-state index contributed by atoms with van der Waals surface area (Å²) in [5.74, 6) is 0.792. The van der Waals surface area contributed by atoms with Gasteiger partial charge in [-0.15, -0.1) is 11.6 Å². The molecule has 18 heavy (non-hydrogen) atoms. The molecule has 0 fully saturated rings. The Hall–Kier alpha value is -1.06. The van der Waals surface area contributed by atoms with Crippen LogP contribution in [0.25, 0.3) is 0 Å². The van der Waals surface area contributed by atoms with Crippen molar-refractivity contribution in [1.29, 1.82) is 0 Å². The second-order valence-electron chi connectivity index (χ2n) is 4.58. The average Bonchev–Trinajstić information content (AvgIpc) is 2.68. The standard InChI is InChI=1S/C14H19ClN2O/c1-16-7-5-11-3-4-13-12(9-11)10-14(18)17(13)8-2-6-15/h3-4,9,16H,2,5-8,10H2,1H3. The first-order valence-electron chi connectivity index (χ1n) is 6.39. The summed E-state index contributed by atoms with van der Waals surface area (Å²) in [7, 11) is 1.95. The number of amides is 1. The molecule has 1 heterocycles. The number of alkyl halides is 1. The molecule has 0 unspecified atom stereocenters. The van der Waals surface area contributed by atoms with Crippen molar-refractivity contribution in [2.45, 2.75) is 19.3 Å². The molecule has 98 valence electrons. The highest BCUT2D eigenvalue weighted by molar-refractivity contribution is 6.17. The van der Waals surface area contributed by atoms with E-state index in [4.69, 9.17) is 11.6 Å². The van der Waals surface area contributed by atoms with Crippen LogP contribution in [0.15, 0.2) is 18.2 Å². The van der Waals surface area contributed by atoms with E-state index in [2.05, 4.69) is 23.5 Å². The molecule has 0 spiro atoms. The van der Waals surface area contributed by atoms with Crippen LogP contribution in [0.1, 0.15) is 17.5 Å². The van der Waals surface area contributed by atoms with E-state index < -0.39 is 0 Å². The third-order valence-electron chi connectivity index (χ3n) is 3.26. The number of hydrogen-bond acceptors (Lipinski definition) is 2. The first-order chi connectivity index (χ1) is 8.76. The fourth-order valence-electron chi connectivity index (χ4n) is 2.32. The molecule has 2 rings (SSSR count). The van der Waals surface area contributed by atoms with Crippen LogP contribution in [0.5, 0.6) is 0 Å². The molecule has 1 aliphatic heterocycles. The van der Waals surface area contributed by atoms with E-state index in [0.29, 0.717) is 12.3 Å². The van der Waals surface area contributed by atoms with Gasteiger partial charge in [0.05, 0.1) is 6.42 Å². The molecule has 1 aromatic carbocycles. The zero-order valence-corrected chi connectivity index (χ0v) is 11.5. The Bertz CT molecular complexity index is 434. The molecular weight excluding hydrogens is 248 g/mol. The van der Waals surface area contributed by atoms with Crippen LogP contribution in [0.3, 0.4) is 0 Å². The molecule has 1 amide bonds. The number of benzene rings is 1. The minimum absolute atomic E-state index is 0.195. The normalized spacial score (nSPS) is 14.1. The van der Waals surface area contributed by atoms with E-state index in [0.717, 1.165) is 37.2 Å². The summed E-state index contributed by atoms with van der Waals surface area (Å²) in [6.45, 7) is 1.69. The maximum absolute atomic E-state index is 11.9. The van der Waals surface area contributed by atoms with Gasteiger partial charge in [-0.3, -0.25) is 4.79 Å². The van der Waals surface area contributed by atoms with Crippen LogP contribution in [0, 0.1) is 0 Å². The highest BCUT2D eigenvalue weighted by Crippen LogP contribution is 2.29. The number of halogens is 1. The van der Waals surface area contributed by atoms with Crippen molar-refractivity contribution in [2.75, 3.05) is 30.9 Å². The molecule has 1 aliphatic rings. The molecule has 4 heteroatoms. The van der Waals surface area contributed by atoms with Gasteiger partial charge in [0.1, 0.15) is 0 Å². The second-order valence-corrected chi connectivity index (χ2v) is 4.96. The van der Waals surface area contributed by atoms with Crippen LogP contribution in [0.2, 0.25) is 0 Å². The largest absolute Gasteiger partial charge is 0.319 e. The van der Waals surface area contributed by atoms with E-state index in [1.165, 1.54) is 5.56 Å². The quantitative estimate of drug-likeness (QED) is 0.799. The Labute approximate surface area is 113 Å². The van der Waals surface area contributed by atoms with Crippen LogP contribution in [-0.2, 0) is 17.6 Å². The summed E-state index contributed by atoms with van der Waals surface area (Å²) in [5.41, 5.74) is 3.51. The van der Waals surface area contributed by atoms with Crippen molar-refractivity contribution in [2.24, 2.45) is 0 Å². The van der Waals surface area contributed by atoms with Crippen LogP contribution in [-0.4, -0.2) is 31.9 Å². The predicted octanol–water partition coefficient (Wildman–Crippen LogP) is 1.97. The van der Waals surface area contributed by atoms with E-state index in [-0.39, 0.29) is 5.91 Å². The number of hydrogen-bond donors (Lipinski definition) is 1. The van der Waals surface area contributed by atoms with E-state index >= 15 is 0 Å². The summed E-state index contributed by atoms with van der Waals surface area (Å²) in [6, 6.07) is 6.34. The number of nitrogens with one attached hydrogen (secondary N) is 1. The lowest BCUT2D eigenvalue weighted by Gasteiger charge is -2.16. The summed E-state index contributed by atoms with van der Waals surface area (Å²) in [6.07, 6.45) is 2.37. The van der Waals surface area contributed by atoms with Crippen LogP contribution >= 0.6 is 11.6 Å². The number of likely N-dealkylation sites (N-methyl/N-ethyl adjacent to an activating group) is 1. The van der Waals surface area contributed by atoms with Gasteiger partial charge in [-0.1, -0.05) is 12.1 Å². The molecule has 1 aromatic rings. The third kappa shape index (κ3) is 2.85. The Morgan fingerprint density at radius 3 is 3.00 bits per heavy atom. The van der Waals surface area contributed by atoms with Crippen molar-refractivity contribution in [1.82, 2.24) is 5.32 Å². The molecule has 3 nitrogen and oxygen atoms in total. The molecule has 0 saturated carbocycles. The number of nitrogens with zero attached hydrogens (tertiary/aromatic N) is 1. The molecule has 0 saturated heterocycles. The fraction of sp³-hybridized carbons (Fsp3) is 0.500. The van der Waals surface area contributed by atoms with Gasteiger partial charge < -0.3 is 10.2 Å². The van der Waals surface area contributed by atoms with Gasteiger partial charge >= 0.3 is 0 Å². The smallest absolute Gasteiger partial charge is 0.231 e. The number of anilines is 1. The zero-order valence-electron chi connectivity index (χ0n) is 10.7. The minimum Gasteiger partial charge on any atom is -0.319 e. The van der Waals surface area contributed by atoms with Gasteiger partial charge in [-0.05, 0) is 43.6 Å². The summed E-state index contributed by atoms with van der Waals surface area (Å²) in [4.78, 5) is 13.8. The van der Waals surface area contributed by atoms with Gasteiger partial charge in [0.2, 0.25) is 5.91 Å². The summed E-state index contributed by atoms with van der Waals surface area (Å²) in [5, 5.41) is 3.14. The SMILES string of the molecule is CNCCc1ccc2c(c1)CC(=O)N2CCCCl. The maximum atomic E-state index is 11.9. The maximum Gasteiger partial charge on any atom is 0.231 e. The Kier molecular flexibility index (Phi) is 4.61. The molecule has 0 radical (unpaired) electrons. The van der Waals surface area contributed by atoms with Gasteiger partial charge in [0.15, 0.2) is 0 Å². The number of carbonyl (C=O) groups is 1. The monoisotopic (exact) mass is 266 g/mol. The topological polar surface area (TPSA) is 32.3 Å². The molecule has 0 aromatic heterocycles. The fourth-order valence-corrected chi connectivity index (χ4v) is 2.44. The predicted molar refractivity (Wildman–Crippen MR) is 75.5 cm³/mol. The highest BCUT2D eigenvalue weighted by atomic mass is 35.5. The second kappa shape index (κ2) is 6.21. The van der Waals surface area contributed by atoms with E-state index in [1.807, 2.05) is 11.9 Å². The van der Waals surface area contributed by atoms with Gasteiger partial charge in [0.25, 0.3) is 0 Å². The molecule has 0 atom stereocenters. The van der Waals surface area contributed by atoms with Crippen molar-refractivity contribution in [3.63, 3.8) is 0 Å². The zero-order chi connectivity index (χ0) is 13.0. The Morgan fingerprint density at radius 2 is 2.28 bits per heavy atom. The van der Waals surface area contributed by atoms with Crippen molar-refractivity contribution in [3.05, 3.63) is 29.3 Å². The van der Waals surface area contributed by atoms with Gasteiger partial charge in [-0.2, -0.15) is 0 Å². The molecule has 0 bridgehead atoms. The van der Waals surface area contributed by atoms with Crippen molar-refractivity contribution >= 4 is 23.2 Å². The third-order valence-corrected chi connectivity index (χ3v) is 3.52. The van der Waals surface area contributed by atoms with Crippen LogP contribution in [0.4, 0.5) is 5.69 Å². The Balaban J connectivity index is 2.13. The van der Waals surface area contributed by atoms with Gasteiger partial charge in [0, 0.05) is 18.1 Å². The molecule has 0 aliphatic carbocycles. The lowest BCUT2D eigenvalue weighted by Crippen LogP contribution is -2.27. The lowest BCUT2D eigenvalue weighted by molar-refractivity contribution is -0.117. The average molecular weight is 267 g/mol. The first kappa shape index (κ1) is 13.4. The van der Waals surface area contributed by atoms with Gasteiger partial charge in [-0.25, -0.2) is 0 Å². The number of rotatable bonds is 6. The first-order valence-corrected chi connectivity index (χ1v) is 6.92.